The third kappa shape index (κ3) is 3.84. The summed E-state index contributed by atoms with van der Waals surface area (Å²) < 4.78 is 61.3. The zero-order valence-corrected chi connectivity index (χ0v) is 18.6. The summed E-state index contributed by atoms with van der Waals surface area (Å²) in [6.07, 6.45) is -1.21. The fourth-order valence-electron chi connectivity index (χ4n) is 5.16. The molecule has 0 spiro atoms. The van der Waals surface area contributed by atoms with Crippen molar-refractivity contribution in [2.75, 3.05) is 5.32 Å². The third-order valence-electron chi connectivity index (χ3n) is 6.44. The molecule has 3 atom stereocenters. The Morgan fingerprint density at radius 2 is 1.94 bits per heavy atom. The molecule has 13 heteroatoms. The second kappa shape index (κ2) is 7.89. The summed E-state index contributed by atoms with van der Waals surface area (Å²) in [6, 6.07) is 0.269. The summed E-state index contributed by atoms with van der Waals surface area (Å²) in [5.41, 5.74) is -3.19. The van der Waals surface area contributed by atoms with Gasteiger partial charge in [0.2, 0.25) is 11.8 Å². The minimum atomic E-state index is -4.91. The number of piperidine rings is 1. The molecule has 3 aromatic rings. The lowest BCUT2D eigenvalue weighted by Crippen LogP contribution is -2.70. The number of alkyl halides is 3. The van der Waals surface area contributed by atoms with E-state index < -0.39 is 46.2 Å². The van der Waals surface area contributed by atoms with Crippen molar-refractivity contribution in [2.24, 2.45) is 5.92 Å². The first-order chi connectivity index (χ1) is 16.5. The van der Waals surface area contributed by atoms with Gasteiger partial charge < -0.3 is 19.7 Å². The Hall–Kier alpha value is -3.77. The average molecular weight is 492 g/mol. The van der Waals surface area contributed by atoms with Crippen LogP contribution < -0.4 is 5.32 Å². The van der Waals surface area contributed by atoms with E-state index in [2.05, 4.69) is 25.5 Å². The molecule has 1 saturated heterocycles. The molecule has 2 aliphatic rings. The summed E-state index contributed by atoms with van der Waals surface area (Å²) in [5.74, 6) is -1.13. The highest BCUT2D eigenvalue weighted by molar-refractivity contribution is 5.92. The van der Waals surface area contributed by atoms with E-state index in [-0.39, 0.29) is 29.7 Å². The first-order valence-corrected chi connectivity index (χ1v) is 10.8. The number of anilines is 1. The van der Waals surface area contributed by atoms with Gasteiger partial charge in [-0.3, -0.25) is 0 Å². The third-order valence-corrected chi connectivity index (χ3v) is 6.44. The Labute approximate surface area is 196 Å². The largest absolute Gasteiger partial charge is 0.505 e. The minimum Gasteiger partial charge on any atom is -0.505 e. The number of nitrogens with zero attached hydrogens (tertiary/aromatic N) is 5. The quantitative estimate of drug-likeness (QED) is 0.512. The first-order valence-electron chi connectivity index (χ1n) is 10.8. The van der Waals surface area contributed by atoms with Gasteiger partial charge in [0.15, 0.2) is 11.6 Å². The van der Waals surface area contributed by atoms with Gasteiger partial charge in [-0.25, -0.2) is 19.2 Å². The highest BCUT2D eigenvalue weighted by Gasteiger charge is 2.62. The lowest BCUT2D eigenvalue weighted by Gasteiger charge is -2.61. The van der Waals surface area contributed by atoms with E-state index in [9.17, 15) is 27.5 Å². The number of halogens is 4. The van der Waals surface area contributed by atoms with Crippen molar-refractivity contribution in [1.29, 1.82) is 0 Å². The van der Waals surface area contributed by atoms with E-state index in [0.717, 1.165) is 18.5 Å². The van der Waals surface area contributed by atoms with Gasteiger partial charge >= 0.3 is 12.2 Å². The second-order valence-corrected chi connectivity index (χ2v) is 9.00. The number of aryl methyl sites for hydroxylation is 1. The molecule has 2 aromatic heterocycles. The van der Waals surface area contributed by atoms with Crippen LogP contribution in [0.3, 0.4) is 0 Å². The van der Waals surface area contributed by atoms with Crippen molar-refractivity contribution in [2.45, 2.75) is 50.9 Å². The molecule has 1 aromatic carbocycles. The maximum Gasteiger partial charge on any atom is 0.417 e. The van der Waals surface area contributed by atoms with Gasteiger partial charge in [0.05, 0.1) is 23.6 Å². The number of carbonyl (C=O) groups is 1. The number of aromatic nitrogens is 4. The first kappa shape index (κ1) is 23.0. The number of amides is 2. The fraction of sp³-hybridized carbons (Fsp3) is 0.409. The minimum absolute atomic E-state index is 0.164. The molecule has 3 heterocycles. The predicted molar refractivity (Wildman–Crippen MR) is 112 cm³/mol. The molecule has 1 saturated carbocycles. The van der Waals surface area contributed by atoms with Crippen LogP contribution in [0, 0.1) is 18.7 Å². The van der Waals surface area contributed by atoms with Crippen LogP contribution in [0.2, 0.25) is 0 Å². The number of carbonyl (C=O) groups excluding carboxylic acids is 1. The number of benzene rings is 1. The molecule has 35 heavy (non-hydrogen) atoms. The van der Waals surface area contributed by atoms with E-state index in [1.807, 2.05) is 6.92 Å². The highest BCUT2D eigenvalue weighted by atomic mass is 19.4. The Morgan fingerprint density at radius 3 is 2.57 bits per heavy atom. The van der Waals surface area contributed by atoms with Crippen LogP contribution in [0.5, 0.6) is 5.75 Å². The van der Waals surface area contributed by atoms with Crippen LogP contribution in [0.1, 0.15) is 43.5 Å². The number of nitrogens with one attached hydrogen (secondary N) is 1. The predicted octanol–water partition coefficient (Wildman–Crippen LogP) is 4.63. The van der Waals surface area contributed by atoms with Gasteiger partial charge in [-0.05, 0) is 30.9 Å². The molecule has 2 amide bonds. The Bertz CT molecular complexity index is 1300. The summed E-state index contributed by atoms with van der Waals surface area (Å²) >= 11 is 0. The zero-order valence-electron chi connectivity index (χ0n) is 18.6. The molecule has 0 radical (unpaired) electrons. The molecule has 1 aliphatic heterocycles. The number of likely N-dealkylation sites (tertiary alicyclic amines) is 1. The molecular weight excluding hydrogens is 472 g/mol. The Balaban J connectivity index is 1.51. The summed E-state index contributed by atoms with van der Waals surface area (Å²) in [6.45, 7) is 3.67. The fourth-order valence-corrected chi connectivity index (χ4v) is 5.16. The van der Waals surface area contributed by atoms with E-state index in [4.69, 9.17) is 4.42 Å². The van der Waals surface area contributed by atoms with Crippen molar-refractivity contribution >= 4 is 11.7 Å². The van der Waals surface area contributed by atoms with Crippen LogP contribution in [0.25, 0.3) is 11.4 Å². The molecule has 184 valence electrons. The molecule has 1 aliphatic carbocycles. The van der Waals surface area contributed by atoms with Crippen LogP contribution in [0.4, 0.5) is 28.0 Å². The highest BCUT2D eigenvalue weighted by Crippen LogP contribution is 2.55. The summed E-state index contributed by atoms with van der Waals surface area (Å²) in [7, 11) is 0. The number of urea groups is 1. The maximum absolute atomic E-state index is 14.8. The second-order valence-electron chi connectivity index (χ2n) is 9.00. The van der Waals surface area contributed by atoms with E-state index in [1.54, 1.807) is 6.92 Å². The molecular formula is C22H20F4N6O3. The van der Waals surface area contributed by atoms with E-state index >= 15 is 0 Å². The van der Waals surface area contributed by atoms with Crippen molar-refractivity contribution < 1.29 is 31.9 Å². The smallest absolute Gasteiger partial charge is 0.417 e. The van der Waals surface area contributed by atoms with Gasteiger partial charge in [-0.15, -0.1) is 10.2 Å². The number of aromatic hydroxyl groups is 1. The number of hydrogen-bond acceptors (Lipinski definition) is 7. The number of rotatable bonds is 3. The molecule has 9 nitrogen and oxygen atoms in total. The molecule has 5 rings (SSSR count). The maximum atomic E-state index is 14.8. The number of fused-ring (bicyclic) bond motifs is 2. The zero-order chi connectivity index (χ0) is 25.1. The summed E-state index contributed by atoms with van der Waals surface area (Å²) in [5, 5.41) is 19.7. The van der Waals surface area contributed by atoms with Crippen LogP contribution in [-0.4, -0.2) is 42.2 Å². The number of hydrogen-bond donors (Lipinski definition) is 2. The van der Waals surface area contributed by atoms with Crippen LogP contribution in [0.15, 0.2) is 28.9 Å². The van der Waals surface area contributed by atoms with E-state index in [1.165, 1.54) is 4.90 Å². The van der Waals surface area contributed by atoms with Crippen molar-refractivity contribution in [3.8, 4) is 17.1 Å². The summed E-state index contributed by atoms with van der Waals surface area (Å²) in [4.78, 5) is 22.2. The molecule has 2 N–H and O–H groups in total. The normalized spacial score (nSPS) is 23.7. The lowest BCUT2D eigenvalue weighted by molar-refractivity contribution is -0.137. The van der Waals surface area contributed by atoms with Crippen LogP contribution >= 0.6 is 0 Å². The van der Waals surface area contributed by atoms with Crippen molar-refractivity contribution in [1.82, 2.24) is 25.1 Å². The molecule has 0 unspecified atom stereocenters. The van der Waals surface area contributed by atoms with E-state index in [0.29, 0.717) is 25.2 Å². The Morgan fingerprint density at radius 1 is 1.23 bits per heavy atom. The molecule has 2 fully saturated rings. The van der Waals surface area contributed by atoms with Gasteiger partial charge in [-0.1, -0.05) is 6.92 Å². The average Bonchev–Trinajstić information content (AvgIpc) is 3.21. The monoisotopic (exact) mass is 492 g/mol. The van der Waals surface area contributed by atoms with Gasteiger partial charge in [-0.2, -0.15) is 13.2 Å². The topological polar surface area (TPSA) is 117 Å². The van der Waals surface area contributed by atoms with Gasteiger partial charge in [0, 0.05) is 24.9 Å². The Kier molecular flexibility index (Phi) is 5.18. The van der Waals surface area contributed by atoms with Crippen molar-refractivity contribution in [3.05, 3.63) is 47.7 Å². The van der Waals surface area contributed by atoms with Gasteiger partial charge in [0.1, 0.15) is 11.4 Å². The molecule has 2 bridgehead atoms. The SMILES string of the molecule is Cc1nnc([C@@]23C[C@H](C)C[C@@H](C2)N3C(=O)Nc2cc(-c3ncc(O)cn3)c(C(F)(F)F)cc2F)o1. The van der Waals surface area contributed by atoms with Gasteiger partial charge in [0.25, 0.3) is 0 Å². The standard InChI is InChI=1S/C22H20F4N6O3/c1-10-3-12-7-21(6-10,19-31-30-11(2)35-19)32(12)20(34)29-17-4-14(18-27-8-13(33)9-28-18)15(5-16(17)23)22(24,25)26/h4-5,8-10,12,33H,3,6-7H2,1-2H3,(H,29,34)/t10-,12+,21-/m1/s1. The van der Waals surface area contributed by atoms with Crippen molar-refractivity contribution in [3.63, 3.8) is 0 Å². The van der Waals surface area contributed by atoms with Crippen LogP contribution in [-0.2, 0) is 11.7 Å². The lowest BCUT2D eigenvalue weighted by atomic mass is 9.64.